The molecular weight excluding hydrogens is 336 g/mol. The van der Waals surface area contributed by atoms with Crippen LogP contribution in [0.1, 0.15) is 5.56 Å². The Labute approximate surface area is 156 Å². The van der Waals surface area contributed by atoms with E-state index in [0.29, 0.717) is 0 Å². The zero-order valence-electron chi connectivity index (χ0n) is 15.5. The van der Waals surface area contributed by atoms with Crippen molar-refractivity contribution in [3.8, 4) is 22.6 Å². The van der Waals surface area contributed by atoms with Crippen LogP contribution in [0.25, 0.3) is 44.6 Å². The number of pyridine rings is 2. The third kappa shape index (κ3) is 2.28. The van der Waals surface area contributed by atoms with Gasteiger partial charge in [-0.1, -0.05) is 0 Å². The van der Waals surface area contributed by atoms with Crippen molar-refractivity contribution < 1.29 is 8.98 Å². The molecule has 0 spiro atoms. The van der Waals surface area contributed by atoms with Gasteiger partial charge in [0, 0.05) is 54.1 Å². The maximum absolute atomic E-state index is 6.18. The summed E-state index contributed by atoms with van der Waals surface area (Å²) in [6, 6.07) is 10.4. The molecule has 0 bridgehead atoms. The van der Waals surface area contributed by atoms with Gasteiger partial charge in [-0.3, -0.25) is 4.98 Å². The van der Waals surface area contributed by atoms with E-state index < -0.39 is 0 Å². The Hall–Kier alpha value is -3.47. The molecule has 27 heavy (non-hydrogen) atoms. The van der Waals surface area contributed by atoms with Gasteiger partial charge in [0.2, 0.25) is 5.69 Å². The van der Waals surface area contributed by atoms with Crippen LogP contribution in [-0.4, -0.2) is 14.5 Å². The van der Waals surface area contributed by atoms with E-state index in [4.69, 9.17) is 4.42 Å². The summed E-state index contributed by atoms with van der Waals surface area (Å²) >= 11 is 0. The van der Waals surface area contributed by atoms with Gasteiger partial charge in [-0.05, 0) is 30.7 Å². The molecule has 0 aliphatic heterocycles. The smallest absolute Gasteiger partial charge is 0.213 e. The van der Waals surface area contributed by atoms with E-state index in [9.17, 15) is 0 Å². The van der Waals surface area contributed by atoms with Crippen LogP contribution in [-0.2, 0) is 14.1 Å². The second kappa shape index (κ2) is 5.77. The highest BCUT2D eigenvalue weighted by Gasteiger charge is 2.24. The number of imidazole rings is 1. The first kappa shape index (κ1) is 15.8. The molecule has 5 nitrogen and oxygen atoms in total. The van der Waals surface area contributed by atoms with Crippen molar-refractivity contribution >= 4 is 21.9 Å². The normalized spacial score (nSPS) is 11.5. The van der Waals surface area contributed by atoms with E-state index in [0.717, 1.165) is 39.0 Å². The quantitative estimate of drug-likeness (QED) is 0.446. The summed E-state index contributed by atoms with van der Waals surface area (Å²) in [6.45, 7) is 2.16. The molecule has 0 N–H and O–H groups in total. The van der Waals surface area contributed by atoms with Gasteiger partial charge in [0.25, 0.3) is 0 Å². The van der Waals surface area contributed by atoms with Crippen molar-refractivity contribution in [2.45, 2.75) is 6.92 Å². The van der Waals surface area contributed by atoms with E-state index >= 15 is 0 Å². The first-order valence-electron chi connectivity index (χ1n) is 8.87. The Morgan fingerprint density at radius 1 is 1.11 bits per heavy atom. The number of hydrogen-bond acceptors (Lipinski definition) is 3. The molecule has 0 radical (unpaired) electrons. The van der Waals surface area contributed by atoms with Crippen LogP contribution in [0.4, 0.5) is 0 Å². The van der Waals surface area contributed by atoms with Gasteiger partial charge in [0.15, 0.2) is 11.8 Å². The van der Waals surface area contributed by atoms with Crippen LogP contribution in [0, 0.1) is 6.92 Å². The van der Waals surface area contributed by atoms with Crippen molar-refractivity contribution in [2.24, 2.45) is 14.1 Å². The molecule has 0 fully saturated rings. The Bertz CT molecular complexity index is 1310. The molecule has 5 rings (SSSR count). The minimum atomic E-state index is 0.795. The van der Waals surface area contributed by atoms with Gasteiger partial charge >= 0.3 is 0 Å². The number of aromatic nitrogens is 4. The molecule has 132 valence electrons. The van der Waals surface area contributed by atoms with E-state index in [2.05, 4.69) is 52.9 Å². The Morgan fingerprint density at radius 3 is 2.78 bits per heavy atom. The molecule has 0 saturated carbocycles. The summed E-state index contributed by atoms with van der Waals surface area (Å²) in [7, 11) is 4.08. The number of rotatable bonds is 2. The van der Waals surface area contributed by atoms with Crippen molar-refractivity contribution in [1.29, 1.82) is 0 Å². The van der Waals surface area contributed by atoms with Crippen LogP contribution in [0.5, 0.6) is 0 Å². The monoisotopic (exact) mass is 355 g/mol. The highest BCUT2D eigenvalue weighted by molar-refractivity contribution is 6.13. The summed E-state index contributed by atoms with van der Waals surface area (Å²) < 4.78 is 10.4. The summed E-state index contributed by atoms with van der Waals surface area (Å²) in [6.07, 6.45) is 9.44. The Morgan fingerprint density at radius 2 is 2.00 bits per heavy atom. The van der Waals surface area contributed by atoms with Gasteiger partial charge in [0.05, 0.1) is 11.8 Å². The number of fused-ring (bicyclic) bond motifs is 3. The zero-order chi connectivity index (χ0) is 18.5. The largest absolute Gasteiger partial charge is 0.454 e. The molecule has 4 heterocycles. The Kier molecular flexibility index (Phi) is 3.37. The second-order valence-corrected chi connectivity index (χ2v) is 6.83. The number of hydrogen-bond donors (Lipinski definition) is 0. The number of benzene rings is 1. The van der Waals surface area contributed by atoms with Crippen molar-refractivity contribution in [3.63, 3.8) is 0 Å². The van der Waals surface area contributed by atoms with Crippen molar-refractivity contribution in [1.82, 2.24) is 14.5 Å². The number of furan rings is 1. The standard InChI is InChI=1S/C22H19N4O/c1-14-16(22-24-9-11-26(22)3)12-18-21(15-7-8-23-13-19(15)27-18)20(14)17-6-4-5-10-25(17)2/h4-13H,1-3H3/q+1. The SMILES string of the molecule is Cc1c(-c2nccn2C)cc2oc3cnccc3c2c1-c1cccc[n+]1C. The second-order valence-electron chi connectivity index (χ2n) is 6.83. The first-order valence-corrected chi connectivity index (χ1v) is 8.87. The molecule has 0 amide bonds. The summed E-state index contributed by atoms with van der Waals surface area (Å²) in [5, 5.41) is 2.19. The van der Waals surface area contributed by atoms with E-state index in [-0.39, 0.29) is 0 Å². The molecule has 0 aliphatic rings. The predicted molar refractivity (Wildman–Crippen MR) is 105 cm³/mol. The van der Waals surface area contributed by atoms with Gasteiger partial charge in [0.1, 0.15) is 18.5 Å². The molecule has 0 aliphatic carbocycles. The average molecular weight is 355 g/mol. The molecular formula is C22H19N4O+. The van der Waals surface area contributed by atoms with Crippen LogP contribution in [0.2, 0.25) is 0 Å². The van der Waals surface area contributed by atoms with Crippen LogP contribution in [0.3, 0.4) is 0 Å². The van der Waals surface area contributed by atoms with E-state index in [1.807, 2.05) is 42.3 Å². The fourth-order valence-electron chi connectivity index (χ4n) is 3.85. The molecule has 5 aromatic rings. The van der Waals surface area contributed by atoms with Gasteiger partial charge < -0.3 is 8.98 Å². The number of nitrogens with zero attached hydrogens (tertiary/aromatic N) is 4. The van der Waals surface area contributed by atoms with Gasteiger partial charge in [-0.25, -0.2) is 9.55 Å². The minimum absolute atomic E-state index is 0.795. The van der Waals surface area contributed by atoms with Crippen LogP contribution >= 0.6 is 0 Å². The highest BCUT2D eigenvalue weighted by Crippen LogP contribution is 2.41. The van der Waals surface area contributed by atoms with Crippen LogP contribution < -0.4 is 4.57 Å². The van der Waals surface area contributed by atoms with E-state index in [1.54, 1.807) is 6.20 Å². The zero-order valence-corrected chi connectivity index (χ0v) is 15.5. The summed E-state index contributed by atoms with van der Waals surface area (Å²) in [5.41, 5.74) is 6.19. The summed E-state index contributed by atoms with van der Waals surface area (Å²) in [4.78, 5) is 8.79. The molecule has 4 aromatic heterocycles. The first-order chi connectivity index (χ1) is 13.1. The molecule has 1 aromatic carbocycles. The maximum atomic E-state index is 6.18. The fraction of sp³-hybridized carbons (Fsp3) is 0.136. The lowest BCUT2D eigenvalue weighted by atomic mass is 9.93. The lowest BCUT2D eigenvalue weighted by Gasteiger charge is -2.12. The molecule has 0 saturated heterocycles. The Balaban J connectivity index is 1.99. The lowest BCUT2D eigenvalue weighted by molar-refractivity contribution is -0.660. The molecule has 0 unspecified atom stereocenters. The van der Waals surface area contributed by atoms with E-state index in [1.165, 1.54) is 11.1 Å². The van der Waals surface area contributed by atoms with Gasteiger partial charge in [-0.2, -0.15) is 0 Å². The van der Waals surface area contributed by atoms with Crippen molar-refractivity contribution in [2.75, 3.05) is 0 Å². The van der Waals surface area contributed by atoms with Gasteiger partial charge in [-0.15, -0.1) is 0 Å². The molecule has 0 atom stereocenters. The topological polar surface area (TPSA) is 47.7 Å². The third-order valence-electron chi connectivity index (χ3n) is 5.20. The average Bonchev–Trinajstić information content (AvgIpc) is 3.25. The number of aryl methyl sites for hydroxylation is 2. The molecule has 5 heteroatoms. The highest BCUT2D eigenvalue weighted by atomic mass is 16.3. The fourth-order valence-corrected chi connectivity index (χ4v) is 3.85. The van der Waals surface area contributed by atoms with Crippen LogP contribution in [0.15, 0.2) is 65.7 Å². The third-order valence-corrected chi connectivity index (χ3v) is 5.20. The lowest BCUT2D eigenvalue weighted by Crippen LogP contribution is -2.30. The minimum Gasteiger partial charge on any atom is -0.454 e. The maximum Gasteiger partial charge on any atom is 0.213 e. The summed E-state index contributed by atoms with van der Waals surface area (Å²) in [5.74, 6) is 0.924. The predicted octanol–water partition coefficient (Wildman–Crippen LogP) is 4.18. The van der Waals surface area contributed by atoms with Crippen molar-refractivity contribution in [3.05, 3.63) is 66.9 Å².